The number of H-pyrrole nitrogens is 1. The minimum atomic E-state index is -0.287. The molecule has 1 aromatic heterocycles. The van der Waals surface area contributed by atoms with Crippen molar-refractivity contribution in [3.8, 4) is 5.75 Å². The molecule has 0 fully saturated rings. The molecule has 24 heavy (non-hydrogen) atoms. The molecule has 0 unspecified atom stereocenters. The van der Waals surface area contributed by atoms with Crippen LogP contribution in [0, 0.1) is 0 Å². The maximum Gasteiger partial charge on any atom is 0.274 e. The Morgan fingerprint density at radius 2 is 1.96 bits per heavy atom. The number of hydrogen-bond acceptors (Lipinski definition) is 5. The zero-order chi connectivity index (χ0) is 16.9. The van der Waals surface area contributed by atoms with Gasteiger partial charge in [0.05, 0.1) is 7.11 Å². The van der Waals surface area contributed by atoms with Crippen LogP contribution in [0.3, 0.4) is 0 Å². The zero-order valence-electron chi connectivity index (χ0n) is 12.9. The van der Waals surface area contributed by atoms with E-state index in [9.17, 15) is 4.79 Å². The number of benzene rings is 2. The van der Waals surface area contributed by atoms with E-state index in [1.807, 2.05) is 30.3 Å². The third kappa shape index (κ3) is 3.91. The highest BCUT2D eigenvalue weighted by molar-refractivity contribution is 6.30. The van der Waals surface area contributed by atoms with Crippen molar-refractivity contribution in [1.29, 1.82) is 0 Å². The van der Waals surface area contributed by atoms with Gasteiger partial charge in [0, 0.05) is 17.1 Å². The van der Waals surface area contributed by atoms with Crippen LogP contribution in [0.1, 0.15) is 11.3 Å². The smallest absolute Gasteiger partial charge is 0.274 e. The molecule has 2 N–H and O–H groups in total. The van der Waals surface area contributed by atoms with Crippen molar-refractivity contribution < 1.29 is 4.74 Å². The molecule has 122 valence electrons. The van der Waals surface area contributed by atoms with E-state index in [-0.39, 0.29) is 11.5 Å². The quantitative estimate of drug-likeness (QED) is 0.744. The Kier molecular flexibility index (Phi) is 4.77. The molecule has 1 heterocycles. The van der Waals surface area contributed by atoms with Crippen molar-refractivity contribution in [1.82, 2.24) is 15.2 Å². The lowest BCUT2D eigenvalue weighted by atomic mass is 10.1. The Morgan fingerprint density at radius 3 is 2.62 bits per heavy atom. The maximum absolute atomic E-state index is 12.2. The second-order valence-electron chi connectivity index (χ2n) is 5.11. The molecule has 6 nitrogen and oxygen atoms in total. The third-order valence-electron chi connectivity index (χ3n) is 3.38. The summed E-state index contributed by atoms with van der Waals surface area (Å²) in [6, 6.07) is 14.6. The fraction of sp³-hybridized carbons (Fsp3) is 0.118. The summed E-state index contributed by atoms with van der Waals surface area (Å²) in [5.74, 6) is 1.03. The Balaban J connectivity index is 1.75. The van der Waals surface area contributed by atoms with Gasteiger partial charge in [-0.3, -0.25) is 9.78 Å². The summed E-state index contributed by atoms with van der Waals surface area (Å²) >= 11 is 5.92. The maximum atomic E-state index is 12.2. The van der Waals surface area contributed by atoms with Crippen LogP contribution < -0.4 is 15.6 Å². The Hall–Kier alpha value is -2.86. The molecule has 0 radical (unpaired) electrons. The van der Waals surface area contributed by atoms with Gasteiger partial charge in [-0.2, -0.15) is 0 Å². The number of ether oxygens (including phenoxy) is 1. The van der Waals surface area contributed by atoms with Gasteiger partial charge < -0.3 is 10.1 Å². The fourth-order valence-corrected chi connectivity index (χ4v) is 2.36. The molecule has 0 spiro atoms. The summed E-state index contributed by atoms with van der Waals surface area (Å²) < 4.78 is 5.11. The number of hydrogen-bond donors (Lipinski definition) is 2. The molecule has 3 aromatic rings. The summed E-state index contributed by atoms with van der Waals surface area (Å²) in [4.78, 5) is 14.9. The lowest BCUT2D eigenvalue weighted by Gasteiger charge is -2.06. The molecule has 0 aliphatic rings. The van der Waals surface area contributed by atoms with Crippen molar-refractivity contribution >= 4 is 23.2 Å². The van der Waals surface area contributed by atoms with Crippen molar-refractivity contribution in [3.63, 3.8) is 0 Å². The van der Waals surface area contributed by atoms with Crippen molar-refractivity contribution in [3.05, 3.63) is 75.2 Å². The van der Waals surface area contributed by atoms with Gasteiger partial charge in [0.1, 0.15) is 11.4 Å². The number of methoxy groups -OCH3 is 1. The minimum Gasteiger partial charge on any atom is -0.497 e. The van der Waals surface area contributed by atoms with Gasteiger partial charge in [0.15, 0.2) is 0 Å². The van der Waals surface area contributed by atoms with Crippen molar-refractivity contribution in [2.45, 2.75) is 6.42 Å². The lowest BCUT2D eigenvalue weighted by molar-refractivity contribution is 0.414. The van der Waals surface area contributed by atoms with Crippen LogP contribution in [0.25, 0.3) is 0 Å². The van der Waals surface area contributed by atoms with E-state index in [0.717, 1.165) is 17.0 Å². The summed E-state index contributed by atoms with van der Waals surface area (Å²) in [6.07, 6.45) is 0.393. The largest absolute Gasteiger partial charge is 0.497 e. The zero-order valence-corrected chi connectivity index (χ0v) is 13.7. The lowest BCUT2D eigenvalue weighted by Crippen LogP contribution is -2.18. The van der Waals surface area contributed by atoms with Gasteiger partial charge in [0.2, 0.25) is 5.95 Å². The summed E-state index contributed by atoms with van der Waals surface area (Å²) in [6.45, 7) is 0. The first-order chi connectivity index (χ1) is 11.6. The topological polar surface area (TPSA) is 79.9 Å². The Bertz CT molecular complexity index is 894. The monoisotopic (exact) mass is 342 g/mol. The number of aromatic nitrogens is 3. The van der Waals surface area contributed by atoms with Gasteiger partial charge >= 0.3 is 0 Å². The molecule has 0 aliphatic heterocycles. The summed E-state index contributed by atoms with van der Waals surface area (Å²) in [5.41, 5.74) is 1.73. The van der Waals surface area contributed by atoms with Gasteiger partial charge in [-0.25, -0.2) is 0 Å². The molecule has 0 bridgehead atoms. The normalized spacial score (nSPS) is 10.4. The minimum absolute atomic E-state index is 0.265. The first-order valence-electron chi connectivity index (χ1n) is 7.25. The van der Waals surface area contributed by atoms with E-state index in [2.05, 4.69) is 20.5 Å². The van der Waals surface area contributed by atoms with E-state index in [1.54, 1.807) is 25.3 Å². The third-order valence-corrected chi connectivity index (χ3v) is 3.62. The molecule has 0 atom stereocenters. The van der Waals surface area contributed by atoms with Crippen molar-refractivity contribution in [2.24, 2.45) is 0 Å². The highest BCUT2D eigenvalue weighted by atomic mass is 35.5. The molecule has 3 rings (SSSR count). The van der Waals surface area contributed by atoms with Crippen LogP contribution in [-0.2, 0) is 6.42 Å². The highest BCUT2D eigenvalue weighted by Crippen LogP contribution is 2.17. The first-order valence-corrected chi connectivity index (χ1v) is 7.63. The number of aromatic amines is 1. The van der Waals surface area contributed by atoms with Gasteiger partial charge in [-0.1, -0.05) is 29.8 Å². The number of halogens is 1. The number of nitrogens with zero attached hydrogens (tertiary/aromatic N) is 2. The molecule has 0 amide bonds. The van der Waals surface area contributed by atoms with Crippen molar-refractivity contribution in [2.75, 3.05) is 12.4 Å². The molecular formula is C17H15ClN4O2. The van der Waals surface area contributed by atoms with Gasteiger partial charge in [-0.05, 0) is 35.9 Å². The molecule has 7 heteroatoms. The molecule has 0 saturated carbocycles. The second-order valence-corrected chi connectivity index (χ2v) is 5.55. The number of nitrogens with one attached hydrogen (secondary N) is 2. The standard InChI is InChI=1S/C17H15ClN4O2/c1-24-14-7-5-11(6-8-14)9-15-16(23)20-17(22-21-15)19-13-4-2-3-12(18)10-13/h2-8,10H,9H2,1H3,(H2,19,20,22,23). The second kappa shape index (κ2) is 7.14. The molecule has 0 aliphatic carbocycles. The van der Waals surface area contributed by atoms with E-state index >= 15 is 0 Å². The molecule has 2 aromatic carbocycles. The SMILES string of the molecule is COc1ccc(Cc2nnc(Nc3cccc(Cl)c3)[nH]c2=O)cc1. The van der Waals surface area contributed by atoms with E-state index in [4.69, 9.17) is 16.3 Å². The molecule has 0 saturated heterocycles. The Morgan fingerprint density at radius 1 is 1.17 bits per heavy atom. The fourth-order valence-electron chi connectivity index (χ4n) is 2.17. The van der Waals surface area contributed by atoms with E-state index in [1.165, 1.54) is 0 Å². The average Bonchev–Trinajstić information content (AvgIpc) is 2.58. The van der Waals surface area contributed by atoms with E-state index < -0.39 is 0 Å². The Labute approximate surface area is 143 Å². The predicted octanol–water partition coefficient (Wildman–Crippen LogP) is 3.16. The number of rotatable bonds is 5. The summed E-state index contributed by atoms with van der Waals surface area (Å²) in [5, 5.41) is 11.6. The molecular weight excluding hydrogens is 328 g/mol. The van der Waals surface area contributed by atoms with Crippen LogP contribution in [0.2, 0.25) is 5.02 Å². The predicted molar refractivity (Wildman–Crippen MR) is 93.2 cm³/mol. The van der Waals surface area contributed by atoms with Gasteiger partial charge in [-0.15, -0.1) is 10.2 Å². The van der Waals surface area contributed by atoms with Crippen LogP contribution in [0.15, 0.2) is 53.3 Å². The first kappa shape index (κ1) is 16.0. The van der Waals surface area contributed by atoms with Crippen LogP contribution in [0.4, 0.5) is 11.6 Å². The number of anilines is 2. The summed E-state index contributed by atoms with van der Waals surface area (Å²) in [7, 11) is 1.61. The van der Waals surface area contributed by atoms with Crippen LogP contribution >= 0.6 is 11.6 Å². The van der Waals surface area contributed by atoms with Crippen LogP contribution in [0.5, 0.6) is 5.75 Å². The highest BCUT2D eigenvalue weighted by Gasteiger charge is 2.07. The average molecular weight is 343 g/mol. The van der Waals surface area contributed by atoms with E-state index in [0.29, 0.717) is 17.1 Å². The van der Waals surface area contributed by atoms with Crippen LogP contribution in [-0.4, -0.2) is 22.3 Å². The van der Waals surface area contributed by atoms with Gasteiger partial charge in [0.25, 0.3) is 5.56 Å².